The first-order valence-electron chi connectivity index (χ1n) is 9.29. The highest BCUT2D eigenvalue weighted by molar-refractivity contribution is 7.22. The number of aromatic nitrogens is 2. The van der Waals surface area contributed by atoms with Gasteiger partial charge in [-0.3, -0.25) is 14.7 Å². The maximum absolute atomic E-state index is 13.5. The van der Waals surface area contributed by atoms with E-state index < -0.39 is 0 Å². The summed E-state index contributed by atoms with van der Waals surface area (Å²) in [6.45, 7) is 4.33. The molecule has 0 spiro atoms. The minimum absolute atomic E-state index is 0.0968. The monoisotopic (exact) mass is 403 g/mol. The molecule has 0 radical (unpaired) electrons. The number of amides is 1. The molecular weight excluding hydrogens is 382 g/mol. The van der Waals surface area contributed by atoms with Crippen LogP contribution in [0.1, 0.15) is 27.2 Å². The number of carbonyl (C=O) groups excluding carboxylic acids is 1. The zero-order valence-electron chi connectivity index (χ0n) is 16.5. The fourth-order valence-electron chi connectivity index (χ4n) is 3.33. The molecule has 29 heavy (non-hydrogen) atoms. The number of anilines is 1. The summed E-state index contributed by atoms with van der Waals surface area (Å²) in [5, 5.41) is 0.624. The van der Waals surface area contributed by atoms with Gasteiger partial charge in [0.2, 0.25) is 0 Å². The Balaban J connectivity index is 1.81. The van der Waals surface area contributed by atoms with Crippen LogP contribution < -0.4 is 9.64 Å². The molecule has 5 nitrogen and oxygen atoms in total. The molecule has 0 aliphatic heterocycles. The number of rotatable bonds is 5. The minimum Gasteiger partial charge on any atom is -0.494 e. The fourth-order valence-corrected chi connectivity index (χ4v) is 4.31. The summed E-state index contributed by atoms with van der Waals surface area (Å²) >= 11 is 1.47. The molecule has 0 aliphatic carbocycles. The Hall–Kier alpha value is -3.25. The van der Waals surface area contributed by atoms with Crippen LogP contribution in [-0.2, 0) is 6.54 Å². The number of nitrogens with zero attached hydrogens (tertiary/aromatic N) is 3. The van der Waals surface area contributed by atoms with E-state index in [1.807, 2.05) is 62.4 Å². The maximum atomic E-state index is 13.5. The van der Waals surface area contributed by atoms with Crippen LogP contribution in [0, 0.1) is 13.8 Å². The van der Waals surface area contributed by atoms with Crippen molar-refractivity contribution in [2.24, 2.45) is 0 Å². The third kappa shape index (κ3) is 3.98. The lowest BCUT2D eigenvalue weighted by Gasteiger charge is -2.20. The molecular formula is C23H21N3O2S. The number of thiazole rings is 1. The predicted octanol–water partition coefficient (Wildman–Crippen LogP) is 5.16. The van der Waals surface area contributed by atoms with E-state index in [0.29, 0.717) is 23.0 Å². The Kier molecular flexibility index (Phi) is 5.27. The van der Waals surface area contributed by atoms with Gasteiger partial charge < -0.3 is 4.74 Å². The molecule has 0 unspecified atom stereocenters. The molecule has 0 N–H and O–H groups in total. The van der Waals surface area contributed by atoms with Crippen LogP contribution in [-0.4, -0.2) is 23.0 Å². The summed E-state index contributed by atoms with van der Waals surface area (Å²) < 4.78 is 6.41. The number of ether oxygens (including phenoxy) is 1. The molecule has 1 amide bonds. The molecule has 4 aromatic rings. The molecule has 0 bridgehead atoms. The number of carbonyl (C=O) groups is 1. The van der Waals surface area contributed by atoms with Crippen molar-refractivity contribution >= 4 is 32.6 Å². The summed E-state index contributed by atoms with van der Waals surface area (Å²) in [5.41, 5.74) is 4.31. The van der Waals surface area contributed by atoms with E-state index in [-0.39, 0.29) is 5.91 Å². The van der Waals surface area contributed by atoms with Gasteiger partial charge in [-0.1, -0.05) is 40.7 Å². The number of aryl methyl sites for hydroxylation is 2. The number of pyridine rings is 1. The standard InChI is InChI=1S/C23H21N3O2S/c1-15-11-16(2)13-17(12-15)22(27)26(14-18-7-4-5-10-24-18)23-25-21-19(28-3)8-6-9-20(21)29-23/h4-13H,14H2,1-3H3. The number of fused-ring (bicyclic) bond motifs is 1. The Morgan fingerprint density at radius 2 is 1.86 bits per heavy atom. The molecule has 6 heteroatoms. The molecule has 0 aliphatic rings. The minimum atomic E-state index is -0.0968. The van der Waals surface area contributed by atoms with Crippen LogP contribution in [0.4, 0.5) is 5.13 Å². The van der Waals surface area contributed by atoms with E-state index in [1.54, 1.807) is 18.2 Å². The summed E-state index contributed by atoms with van der Waals surface area (Å²) in [6.07, 6.45) is 1.73. The van der Waals surface area contributed by atoms with Crippen molar-refractivity contribution < 1.29 is 9.53 Å². The van der Waals surface area contributed by atoms with Gasteiger partial charge in [-0.2, -0.15) is 0 Å². The van der Waals surface area contributed by atoms with Gasteiger partial charge >= 0.3 is 0 Å². The average Bonchev–Trinajstić information content (AvgIpc) is 3.15. The van der Waals surface area contributed by atoms with Crippen LogP contribution in [0.3, 0.4) is 0 Å². The Morgan fingerprint density at radius 1 is 1.07 bits per heavy atom. The zero-order valence-corrected chi connectivity index (χ0v) is 17.4. The first-order chi connectivity index (χ1) is 14.0. The van der Waals surface area contributed by atoms with Gasteiger partial charge in [0.1, 0.15) is 11.3 Å². The molecule has 0 atom stereocenters. The van der Waals surface area contributed by atoms with Gasteiger partial charge in [-0.15, -0.1) is 0 Å². The topological polar surface area (TPSA) is 55.3 Å². The van der Waals surface area contributed by atoms with Crippen LogP contribution in [0.15, 0.2) is 60.8 Å². The van der Waals surface area contributed by atoms with Crippen molar-refractivity contribution in [2.75, 3.05) is 12.0 Å². The first kappa shape index (κ1) is 19.1. The molecule has 146 valence electrons. The quantitative estimate of drug-likeness (QED) is 0.462. The Morgan fingerprint density at radius 3 is 2.55 bits per heavy atom. The third-order valence-electron chi connectivity index (χ3n) is 4.58. The lowest BCUT2D eigenvalue weighted by Crippen LogP contribution is -2.30. The molecule has 0 fully saturated rings. The lowest BCUT2D eigenvalue weighted by molar-refractivity contribution is 0.0984. The van der Waals surface area contributed by atoms with Crippen molar-refractivity contribution in [1.82, 2.24) is 9.97 Å². The van der Waals surface area contributed by atoms with Crippen molar-refractivity contribution in [3.05, 3.63) is 83.2 Å². The molecule has 4 rings (SSSR count). The van der Waals surface area contributed by atoms with Gasteiger partial charge in [-0.25, -0.2) is 4.98 Å². The van der Waals surface area contributed by atoms with Crippen molar-refractivity contribution in [3.63, 3.8) is 0 Å². The number of benzene rings is 2. The summed E-state index contributed by atoms with van der Waals surface area (Å²) in [7, 11) is 1.63. The lowest BCUT2D eigenvalue weighted by atomic mass is 10.1. The van der Waals surface area contributed by atoms with Crippen molar-refractivity contribution in [3.8, 4) is 5.75 Å². The molecule has 2 aromatic carbocycles. The van der Waals surface area contributed by atoms with Gasteiger partial charge in [0, 0.05) is 11.8 Å². The van der Waals surface area contributed by atoms with Crippen molar-refractivity contribution in [2.45, 2.75) is 20.4 Å². The van der Waals surface area contributed by atoms with Crippen LogP contribution in [0.25, 0.3) is 10.2 Å². The number of para-hydroxylation sites is 1. The average molecular weight is 404 g/mol. The fraction of sp³-hybridized carbons (Fsp3) is 0.174. The van der Waals surface area contributed by atoms with Crippen LogP contribution >= 0.6 is 11.3 Å². The largest absolute Gasteiger partial charge is 0.494 e. The van der Waals surface area contributed by atoms with E-state index >= 15 is 0 Å². The summed E-state index contributed by atoms with van der Waals surface area (Å²) in [4.78, 5) is 24.4. The molecule has 2 aromatic heterocycles. The Bertz CT molecular complexity index is 1150. The second-order valence-electron chi connectivity index (χ2n) is 6.89. The first-order valence-corrected chi connectivity index (χ1v) is 10.1. The van der Waals surface area contributed by atoms with Gasteiger partial charge in [-0.05, 0) is 50.2 Å². The Labute approximate surface area is 173 Å². The molecule has 0 saturated heterocycles. The highest BCUT2D eigenvalue weighted by Gasteiger charge is 2.23. The van der Waals surface area contributed by atoms with Crippen LogP contribution in [0.5, 0.6) is 5.75 Å². The van der Waals surface area contributed by atoms with Crippen LogP contribution in [0.2, 0.25) is 0 Å². The number of hydrogen-bond donors (Lipinski definition) is 0. The van der Waals surface area contributed by atoms with E-state index in [4.69, 9.17) is 9.72 Å². The van der Waals surface area contributed by atoms with E-state index in [1.165, 1.54) is 11.3 Å². The van der Waals surface area contributed by atoms with Crippen molar-refractivity contribution in [1.29, 1.82) is 0 Å². The highest BCUT2D eigenvalue weighted by Crippen LogP contribution is 2.35. The SMILES string of the molecule is COc1cccc2sc(N(Cc3ccccn3)C(=O)c3cc(C)cc(C)c3)nc12. The second kappa shape index (κ2) is 8.01. The highest BCUT2D eigenvalue weighted by atomic mass is 32.1. The zero-order chi connectivity index (χ0) is 20.4. The molecule has 2 heterocycles. The summed E-state index contributed by atoms with van der Waals surface area (Å²) in [5.74, 6) is 0.599. The smallest absolute Gasteiger partial charge is 0.260 e. The number of methoxy groups -OCH3 is 1. The predicted molar refractivity (Wildman–Crippen MR) is 117 cm³/mol. The van der Waals surface area contributed by atoms with E-state index in [2.05, 4.69) is 11.1 Å². The van der Waals surface area contributed by atoms with Gasteiger partial charge in [0.05, 0.1) is 24.0 Å². The van der Waals surface area contributed by atoms with E-state index in [9.17, 15) is 4.79 Å². The normalized spacial score (nSPS) is 10.9. The van der Waals surface area contributed by atoms with Gasteiger partial charge in [0.15, 0.2) is 5.13 Å². The van der Waals surface area contributed by atoms with Gasteiger partial charge in [0.25, 0.3) is 5.91 Å². The number of hydrogen-bond acceptors (Lipinski definition) is 5. The van der Waals surface area contributed by atoms with E-state index in [0.717, 1.165) is 27.0 Å². The second-order valence-corrected chi connectivity index (χ2v) is 7.90. The molecule has 0 saturated carbocycles. The maximum Gasteiger partial charge on any atom is 0.260 e. The third-order valence-corrected chi connectivity index (χ3v) is 5.63. The summed E-state index contributed by atoms with van der Waals surface area (Å²) in [6, 6.07) is 17.4.